The molecule has 1 atom stereocenters. The van der Waals surface area contributed by atoms with Crippen LogP contribution in [-0.4, -0.2) is 62.6 Å². The average Bonchev–Trinajstić information content (AvgIpc) is 2.89. The molecule has 1 unspecified atom stereocenters. The first-order chi connectivity index (χ1) is 17.5. The number of aryl methyl sites for hydroxylation is 1. The van der Waals surface area contributed by atoms with E-state index in [9.17, 15) is 9.18 Å². The fourth-order valence-electron chi connectivity index (χ4n) is 3.98. The molecule has 5 nitrogen and oxygen atoms in total. The van der Waals surface area contributed by atoms with Crippen molar-refractivity contribution < 1.29 is 13.9 Å². The Balaban J connectivity index is 0.000000275. The molecule has 1 fully saturated rings. The van der Waals surface area contributed by atoms with Gasteiger partial charge in [-0.15, -0.1) is 9.24 Å². The Bertz CT molecular complexity index is 1090. The molecule has 1 aliphatic rings. The lowest BCUT2D eigenvalue weighted by molar-refractivity contribution is -0.109. The summed E-state index contributed by atoms with van der Waals surface area (Å²) in [6, 6.07) is 21.3. The third kappa shape index (κ3) is 9.02. The van der Waals surface area contributed by atoms with Crippen LogP contribution in [0.15, 0.2) is 66.7 Å². The van der Waals surface area contributed by atoms with Gasteiger partial charge in [-0.3, -0.25) is 9.69 Å². The van der Waals surface area contributed by atoms with Crippen molar-refractivity contribution in [1.29, 1.82) is 0 Å². The summed E-state index contributed by atoms with van der Waals surface area (Å²) in [5.74, 6) is 0.670. The zero-order chi connectivity index (χ0) is 25.8. The quantitative estimate of drug-likeness (QED) is 0.348. The Morgan fingerprint density at radius 3 is 2.39 bits per heavy atom. The van der Waals surface area contributed by atoms with Crippen molar-refractivity contribution in [2.24, 2.45) is 0 Å². The van der Waals surface area contributed by atoms with E-state index in [0.29, 0.717) is 13.0 Å². The van der Waals surface area contributed by atoms with Gasteiger partial charge in [0.25, 0.3) is 0 Å². The van der Waals surface area contributed by atoms with Gasteiger partial charge in [0.1, 0.15) is 18.2 Å². The number of hydrogen-bond donors (Lipinski definition) is 1. The summed E-state index contributed by atoms with van der Waals surface area (Å²) in [5, 5.41) is 3.63. The van der Waals surface area contributed by atoms with Gasteiger partial charge in [-0.2, -0.15) is 0 Å². The summed E-state index contributed by atoms with van der Waals surface area (Å²) in [6.45, 7) is 8.90. The fraction of sp³-hybridized carbons (Fsp3) is 0.345. The lowest BCUT2D eigenvalue weighted by Crippen LogP contribution is -2.45. The van der Waals surface area contributed by atoms with Crippen LogP contribution in [0.1, 0.15) is 18.1 Å². The van der Waals surface area contributed by atoms with Crippen molar-refractivity contribution in [2.45, 2.75) is 19.9 Å². The van der Waals surface area contributed by atoms with E-state index in [4.69, 9.17) is 4.74 Å². The van der Waals surface area contributed by atoms with Gasteiger partial charge in [0.15, 0.2) is 0 Å². The van der Waals surface area contributed by atoms with E-state index >= 15 is 0 Å². The van der Waals surface area contributed by atoms with Crippen LogP contribution in [0.5, 0.6) is 5.75 Å². The van der Waals surface area contributed by atoms with Crippen molar-refractivity contribution >= 4 is 21.0 Å². The van der Waals surface area contributed by atoms with Gasteiger partial charge in [-0.05, 0) is 65.3 Å². The minimum absolute atomic E-state index is 0.282. The summed E-state index contributed by atoms with van der Waals surface area (Å²) in [7, 11) is 5.03. The predicted molar refractivity (Wildman–Crippen MR) is 149 cm³/mol. The molecule has 3 aromatic rings. The van der Waals surface area contributed by atoms with Crippen molar-refractivity contribution in [3.63, 3.8) is 0 Å². The topological polar surface area (TPSA) is 44.8 Å². The molecule has 1 aliphatic heterocycles. The lowest BCUT2D eigenvalue weighted by Gasteiger charge is -2.32. The number of likely N-dealkylation sites (N-methyl/N-ethyl adjacent to an activating group) is 1. The Morgan fingerprint density at radius 1 is 1.00 bits per heavy atom. The monoisotopic (exact) mass is 509 g/mol. The molecule has 7 heteroatoms. The first-order valence-electron chi connectivity index (χ1n) is 12.4. The van der Waals surface area contributed by atoms with Gasteiger partial charge in [0.2, 0.25) is 6.41 Å². The number of benzene rings is 3. The summed E-state index contributed by atoms with van der Waals surface area (Å²) >= 11 is 0. The number of carbonyl (C=O) groups excluding carboxylic acids is 1. The molecule has 192 valence electrons. The van der Waals surface area contributed by atoms with Crippen LogP contribution in [0, 0.1) is 5.82 Å². The molecule has 1 N–H and O–H groups in total. The highest BCUT2D eigenvalue weighted by Gasteiger charge is 2.13. The Labute approximate surface area is 216 Å². The van der Waals surface area contributed by atoms with Crippen LogP contribution >= 0.6 is 9.24 Å². The summed E-state index contributed by atoms with van der Waals surface area (Å²) < 4.78 is 18.5. The number of nitrogens with zero attached hydrogens (tertiary/aromatic N) is 2. The van der Waals surface area contributed by atoms with E-state index in [1.165, 1.54) is 34.1 Å². The fourth-order valence-corrected chi connectivity index (χ4v) is 4.41. The number of piperazine rings is 1. The third-order valence-corrected chi connectivity index (χ3v) is 6.72. The smallest absolute Gasteiger partial charge is 0.207 e. The number of hydrogen-bond acceptors (Lipinski definition) is 4. The van der Waals surface area contributed by atoms with Crippen LogP contribution < -0.4 is 15.4 Å². The van der Waals surface area contributed by atoms with E-state index in [1.807, 2.05) is 0 Å². The number of halogens is 1. The van der Waals surface area contributed by atoms with E-state index in [2.05, 4.69) is 80.8 Å². The zero-order valence-electron chi connectivity index (χ0n) is 21.3. The van der Waals surface area contributed by atoms with Crippen LogP contribution in [0.25, 0.3) is 11.1 Å². The van der Waals surface area contributed by atoms with E-state index in [0.717, 1.165) is 57.1 Å². The minimum Gasteiger partial charge on any atom is -0.492 e. The molecule has 1 saturated heterocycles. The molecule has 0 saturated carbocycles. The molecule has 0 aliphatic carbocycles. The SMILES string of the molecule is CCc1ccc(-c2ccc(OCCN3CCN(C)CC3)cc2P)cc1.O=CNCc1cccc(F)c1. The van der Waals surface area contributed by atoms with Gasteiger partial charge in [-0.25, -0.2) is 4.39 Å². The molecule has 36 heavy (non-hydrogen) atoms. The van der Waals surface area contributed by atoms with E-state index < -0.39 is 0 Å². The number of carbonyl (C=O) groups is 1. The second-order valence-electron chi connectivity index (χ2n) is 8.92. The average molecular weight is 510 g/mol. The number of ether oxygens (including phenoxy) is 1. The van der Waals surface area contributed by atoms with Crippen LogP contribution in [-0.2, 0) is 17.8 Å². The first kappa shape index (κ1) is 27.8. The molecule has 3 aromatic carbocycles. The van der Waals surface area contributed by atoms with Crippen LogP contribution in [0.3, 0.4) is 0 Å². The Hall–Kier alpha value is -2.79. The van der Waals surface area contributed by atoms with Crippen molar-refractivity contribution in [2.75, 3.05) is 46.4 Å². The Morgan fingerprint density at radius 2 is 1.75 bits per heavy atom. The van der Waals surface area contributed by atoms with Crippen LogP contribution in [0.4, 0.5) is 4.39 Å². The molecule has 4 rings (SSSR count). The van der Waals surface area contributed by atoms with E-state index in [1.54, 1.807) is 12.1 Å². The predicted octanol–water partition coefficient (Wildman–Crippen LogP) is 4.11. The maximum atomic E-state index is 12.5. The Kier molecular flexibility index (Phi) is 11.3. The maximum Gasteiger partial charge on any atom is 0.207 e. The molecule has 1 heterocycles. The lowest BCUT2D eigenvalue weighted by atomic mass is 10.0. The molecular weight excluding hydrogens is 472 g/mol. The van der Waals surface area contributed by atoms with E-state index in [-0.39, 0.29) is 5.82 Å². The highest BCUT2D eigenvalue weighted by atomic mass is 31.0. The molecular formula is C29H37FN3O2P. The third-order valence-electron chi connectivity index (χ3n) is 6.25. The molecule has 0 aromatic heterocycles. The molecule has 1 amide bonds. The number of amides is 1. The first-order valence-corrected chi connectivity index (χ1v) is 13.0. The normalized spacial score (nSPS) is 14.0. The molecule has 0 spiro atoms. The number of nitrogens with one attached hydrogen (secondary N) is 1. The van der Waals surface area contributed by atoms with Crippen LogP contribution in [0.2, 0.25) is 0 Å². The second kappa shape index (κ2) is 14.7. The van der Waals surface area contributed by atoms with Gasteiger partial charge >= 0.3 is 0 Å². The van der Waals surface area contributed by atoms with Gasteiger partial charge in [-0.1, -0.05) is 49.4 Å². The van der Waals surface area contributed by atoms with Gasteiger partial charge in [0.05, 0.1) is 0 Å². The molecule has 0 bridgehead atoms. The highest BCUT2D eigenvalue weighted by molar-refractivity contribution is 7.28. The standard InChI is InChI=1S/C21H29N2OP.C8H8FNO/c1-3-17-4-6-18(7-5-17)20-9-8-19(16-21(20)25)24-15-14-23-12-10-22(2)11-13-23;9-8-3-1-2-7(4-8)5-10-6-11/h4-9,16H,3,10-15,25H2,1-2H3;1-4,6H,5H2,(H,10,11). The maximum absolute atomic E-state index is 12.5. The van der Waals surface area contributed by atoms with Gasteiger partial charge in [0, 0.05) is 39.3 Å². The largest absolute Gasteiger partial charge is 0.492 e. The highest BCUT2D eigenvalue weighted by Crippen LogP contribution is 2.23. The van der Waals surface area contributed by atoms with Crippen molar-refractivity contribution in [1.82, 2.24) is 15.1 Å². The second-order valence-corrected chi connectivity index (χ2v) is 9.54. The van der Waals surface area contributed by atoms with Crippen molar-refractivity contribution in [3.05, 3.63) is 83.7 Å². The number of rotatable bonds is 9. The molecule has 0 radical (unpaired) electrons. The summed E-state index contributed by atoms with van der Waals surface area (Å²) in [5.41, 5.74) is 4.64. The summed E-state index contributed by atoms with van der Waals surface area (Å²) in [6.07, 6.45) is 1.67. The van der Waals surface area contributed by atoms with Gasteiger partial charge < -0.3 is 15.0 Å². The minimum atomic E-state index is -0.282. The van der Waals surface area contributed by atoms with Crippen molar-refractivity contribution in [3.8, 4) is 16.9 Å². The zero-order valence-corrected chi connectivity index (χ0v) is 22.4. The summed E-state index contributed by atoms with van der Waals surface area (Å²) in [4.78, 5) is 14.7.